The summed E-state index contributed by atoms with van der Waals surface area (Å²) in [5.74, 6) is 2.81. The number of piperidine rings is 3. The van der Waals surface area contributed by atoms with Gasteiger partial charge in [0.1, 0.15) is 6.61 Å². The van der Waals surface area contributed by atoms with Crippen LogP contribution in [0.2, 0.25) is 0 Å². The summed E-state index contributed by atoms with van der Waals surface area (Å²) in [5, 5.41) is 3.16. The first-order valence-electron chi connectivity index (χ1n) is 12.1. The van der Waals surface area contributed by atoms with Crippen LogP contribution in [0, 0.1) is 11.8 Å². The Balaban J connectivity index is 1.13. The van der Waals surface area contributed by atoms with Crippen molar-refractivity contribution in [3.8, 4) is 11.5 Å². The number of hydrogen-bond acceptors (Lipinski definition) is 4. The molecule has 5 aliphatic rings. The van der Waals surface area contributed by atoms with Crippen LogP contribution in [0.15, 0.2) is 35.9 Å². The van der Waals surface area contributed by atoms with Crippen LogP contribution in [-0.4, -0.2) is 66.8 Å². The molecule has 1 aliphatic carbocycles. The lowest BCUT2D eigenvalue weighted by atomic mass is 9.68. The number of urea groups is 1. The van der Waals surface area contributed by atoms with E-state index in [1.54, 1.807) is 0 Å². The lowest BCUT2D eigenvalue weighted by Crippen LogP contribution is -2.61. The third kappa shape index (κ3) is 3.59. The summed E-state index contributed by atoms with van der Waals surface area (Å²) in [5.41, 5.74) is 1.53. The Kier molecular flexibility index (Phi) is 5.05. The minimum absolute atomic E-state index is 0.0530. The molecule has 0 saturated carbocycles. The number of nitrogens with zero attached hydrogens (tertiary/aromatic N) is 2. The number of hydrogen-bond donors (Lipinski definition) is 1. The fraction of sp³-hybridized carbons (Fsp3) is 0.640. The van der Waals surface area contributed by atoms with Crippen LogP contribution in [0.1, 0.15) is 38.5 Å². The number of benzene rings is 1. The summed E-state index contributed by atoms with van der Waals surface area (Å²) in [7, 11) is 0. The number of fused-ring (bicyclic) bond motifs is 7. The minimum atomic E-state index is -0.154. The van der Waals surface area contributed by atoms with Gasteiger partial charge in [0.2, 0.25) is 0 Å². The Morgan fingerprint density at radius 1 is 1.13 bits per heavy atom. The molecule has 5 atom stereocenters. The van der Waals surface area contributed by atoms with Crippen LogP contribution in [0.4, 0.5) is 4.79 Å². The molecule has 4 aliphatic heterocycles. The van der Waals surface area contributed by atoms with Gasteiger partial charge in [-0.05, 0) is 62.6 Å². The zero-order valence-corrected chi connectivity index (χ0v) is 18.2. The van der Waals surface area contributed by atoms with E-state index in [0.29, 0.717) is 25.0 Å². The Morgan fingerprint density at radius 3 is 2.97 bits per heavy atom. The zero-order valence-electron chi connectivity index (χ0n) is 18.2. The first-order chi connectivity index (χ1) is 15.3. The van der Waals surface area contributed by atoms with Gasteiger partial charge in [-0.3, -0.25) is 4.90 Å². The Labute approximate surface area is 184 Å². The third-order valence-electron chi connectivity index (χ3n) is 7.97. The molecule has 6 rings (SSSR count). The first-order valence-corrected chi connectivity index (χ1v) is 12.1. The highest BCUT2D eigenvalue weighted by Gasteiger charge is 2.47. The second-order valence-corrected chi connectivity index (χ2v) is 9.88. The predicted octanol–water partition coefficient (Wildman–Crippen LogP) is 3.43. The van der Waals surface area contributed by atoms with Gasteiger partial charge >= 0.3 is 6.03 Å². The Morgan fingerprint density at radius 2 is 2.03 bits per heavy atom. The van der Waals surface area contributed by atoms with E-state index in [2.05, 4.69) is 21.2 Å². The topological polar surface area (TPSA) is 54.0 Å². The van der Waals surface area contributed by atoms with Crippen molar-refractivity contribution < 1.29 is 14.3 Å². The maximum atomic E-state index is 13.3. The van der Waals surface area contributed by atoms with Crippen molar-refractivity contribution in [3.05, 3.63) is 35.9 Å². The molecule has 2 bridgehead atoms. The predicted molar refractivity (Wildman–Crippen MR) is 118 cm³/mol. The van der Waals surface area contributed by atoms with Gasteiger partial charge in [0.15, 0.2) is 17.6 Å². The van der Waals surface area contributed by atoms with Crippen molar-refractivity contribution in [2.75, 3.05) is 32.8 Å². The molecule has 2 amide bonds. The van der Waals surface area contributed by atoms with Crippen molar-refractivity contribution in [1.29, 1.82) is 0 Å². The first kappa shape index (κ1) is 19.5. The van der Waals surface area contributed by atoms with Gasteiger partial charge < -0.3 is 19.7 Å². The highest BCUT2D eigenvalue weighted by molar-refractivity contribution is 5.75. The molecule has 3 saturated heterocycles. The molecule has 0 spiro atoms. The standard InChI is InChI=1S/C25H33N3O3/c29-25(26-14-20-16-30-22-8-1-2-9-23(22)31-20)28-11-5-6-17-12-18-13-19(24(17)28)15-27-10-4-3-7-21(18)27/h1-2,8-9,12,18-21,24H,3-7,10-11,13-16H2,(H,26,29)/t18-,19-,20?,21?,24?/m1/s1. The molecule has 166 valence electrons. The van der Waals surface area contributed by atoms with Crippen molar-refractivity contribution in [2.24, 2.45) is 11.8 Å². The average molecular weight is 424 g/mol. The summed E-state index contributed by atoms with van der Waals surface area (Å²) < 4.78 is 11.8. The summed E-state index contributed by atoms with van der Waals surface area (Å²) in [4.78, 5) is 18.1. The second-order valence-electron chi connectivity index (χ2n) is 9.88. The normalized spacial score (nSPS) is 34.3. The van der Waals surface area contributed by atoms with Gasteiger partial charge in [0.25, 0.3) is 0 Å². The molecular formula is C25H33N3O3. The van der Waals surface area contributed by atoms with Gasteiger partial charge in [0.05, 0.1) is 12.6 Å². The van der Waals surface area contributed by atoms with Crippen molar-refractivity contribution in [1.82, 2.24) is 15.1 Å². The van der Waals surface area contributed by atoms with Crippen LogP contribution in [0.5, 0.6) is 11.5 Å². The number of nitrogens with one attached hydrogen (secondary N) is 1. The maximum Gasteiger partial charge on any atom is 0.318 e. The minimum Gasteiger partial charge on any atom is -0.486 e. The molecule has 6 nitrogen and oxygen atoms in total. The fourth-order valence-electron chi connectivity index (χ4n) is 6.67. The summed E-state index contributed by atoms with van der Waals surface area (Å²) >= 11 is 0. The number of rotatable bonds is 2. The molecule has 3 fully saturated rings. The van der Waals surface area contributed by atoms with E-state index < -0.39 is 0 Å². The number of carbonyl (C=O) groups excluding carboxylic acids is 1. The van der Waals surface area contributed by atoms with Crippen LogP contribution >= 0.6 is 0 Å². The Bertz CT molecular complexity index is 871. The van der Waals surface area contributed by atoms with E-state index in [4.69, 9.17) is 9.47 Å². The number of para-hydroxylation sites is 2. The van der Waals surface area contributed by atoms with Crippen LogP contribution in [0.3, 0.4) is 0 Å². The van der Waals surface area contributed by atoms with Crippen molar-refractivity contribution in [2.45, 2.75) is 56.7 Å². The molecule has 0 aromatic heterocycles. The second kappa shape index (κ2) is 8.05. The highest BCUT2D eigenvalue weighted by Crippen LogP contribution is 2.45. The van der Waals surface area contributed by atoms with E-state index in [9.17, 15) is 4.79 Å². The molecular weight excluding hydrogens is 390 g/mol. The lowest BCUT2D eigenvalue weighted by molar-refractivity contribution is 0.00747. The lowest BCUT2D eigenvalue weighted by Gasteiger charge is -2.54. The molecule has 1 aromatic rings. The molecule has 4 heterocycles. The largest absolute Gasteiger partial charge is 0.486 e. The number of carbonyl (C=O) groups is 1. The summed E-state index contributed by atoms with van der Waals surface area (Å²) in [6, 6.07) is 8.79. The van der Waals surface area contributed by atoms with Crippen LogP contribution in [-0.2, 0) is 0 Å². The van der Waals surface area contributed by atoms with Crippen LogP contribution in [0.25, 0.3) is 0 Å². The van der Waals surface area contributed by atoms with E-state index >= 15 is 0 Å². The molecule has 1 N–H and O–H groups in total. The maximum absolute atomic E-state index is 13.3. The average Bonchev–Trinajstić information content (AvgIpc) is 2.82. The molecule has 1 aromatic carbocycles. The molecule has 0 radical (unpaired) electrons. The van der Waals surface area contributed by atoms with Gasteiger partial charge in [-0.1, -0.05) is 30.2 Å². The number of likely N-dealkylation sites (tertiary alicyclic amines) is 1. The molecule has 31 heavy (non-hydrogen) atoms. The fourth-order valence-corrected chi connectivity index (χ4v) is 6.67. The summed E-state index contributed by atoms with van der Waals surface area (Å²) in [6.45, 7) is 4.18. The number of ether oxygens (including phenoxy) is 2. The molecule has 3 unspecified atom stereocenters. The monoisotopic (exact) mass is 423 g/mol. The van der Waals surface area contributed by atoms with Gasteiger partial charge in [-0.15, -0.1) is 0 Å². The van der Waals surface area contributed by atoms with E-state index in [-0.39, 0.29) is 18.2 Å². The summed E-state index contributed by atoms with van der Waals surface area (Å²) in [6.07, 6.45) is 9.94. The van der Waals surface area contributed by atoms with Crippen LogP contribution < -0.4 is 14.8 Å². The van der Waals surface area contributed by atoms with Gasteiger partial charge in [-0.25, -0.2) is 4.79 Å². The highest BCUT2D eigenvalue weighted by atomic mass is 16.6. The van der Waals surface area contributed by atoms with Gasteiger partial charge in [-0.2, -0.15) is 0 Å². The van der Waals surface area contributed by atoms with E-state index in [0.717, 1.165) is 43.5 Å². The smallest absolute Gasteiger partial charge is 0.318 e. The zero-order chi connectivity index (χ0) is 20.8. The number of amides is 2. The van der Waals surface area contributed by atoms with Crippen molar-refractivity contribution >= 4 is 6.03 Å². The van der Waals surface area contributed by atoms with Crippen molar-refractivity contribution in [3.63, 3.8) is 0 Å². The van der Waals surface area contributed by atoms with Gasteiger partial charge in [0, 0.05) is 19.1 Å². The van der Waals surface area contributed by atoms with E-state index in [1.807, 2.05) is 24.3 Å². The quantitative estimate of drug-likeness (QED) is 0.741. The molecule has 6 heteroatoms. The Hall–Kier alpha value is -2.21. The van der Waals surface area contributed by atoms with E-state index in [1.165, 1.54) is 37.8 Å². The SMILES string of the molecule is O=C(NCC1COc2ccccc2O1)N1CCCC2=C[C@@H]3C[C@H](CN4CCCCC34)C21. The third-order valence-corrected chi connectivity index (χ3v) is 7.97.